The lowest BCUT2D eigenvalue weighted by molar-refractivity contribution is 0.431. The van der Waals surface area contributed by atoms with Gasteiger partial charge in [-0.1, -0.05) is 38.4 Å². The van der Waals surface area contributed by atoms with Crippen molar-refractivity contribution in [2.24, 2.45) is 0 Å². The molecule has 8 heteroatoms. The van der Waals surface area contributed by atoms with Gasteiger partial charge in [0.2, 0.25) is 5.82 Å². The predicted octanol–water partition coefficient (Wildman–Crippen LogP) is 3.95. The molecule has 0 atom stereocenters. The fraction of sp³-hybridized carbons (Fsp3) is 0.111. The van der Waals surface area contributed by atoms with Crippen LogP contribution in [0.5, 0.6) is 0 Å². The Bertz CT molecular complexity index is 1080. The van der Waals surface area contributed by atoms with Gasteiger partial charge in [-0.05, 0) is 55.3 Å². The first kappa shape index (κ1) is 16.5. The van der Waals surface area contributed by atoms with E-state index in [9.17, 15) is 0 Å². The van der Waals surface area contributed by atoms with E-state index in [2.05, 4.69) is 36.4 Å². The lowest BCUT2D eigenvalue weighted by atomic mass is 10.1. The summed E-state index contributed by atoms with van der Waals surface area (Å²) in [7, 11) is 0. The Morgan fingerprint density at radius 2 is 1.85 bits per heavy atom. The van der Waals surface area contributed by atoms with Crippen LogP contribution in [0.15, 0.2) is 51.5 Å². The average Bonchev–Trinajstić information content (AvgIpc) is 3.24. The summed E-state index contributed by atoms with van der Waals surface area (Å²) < 4.78 is 7.91. The van der Waals surface area contributed by atoms with Gasteiger partial charge in [0.05, 0.1) is 5.69 Å². The normalized spacial score (nSPS) is 11.0. The monoisotopic (exact) mass is 410 g/mol. The van der Waals surface area contributed by atoms with Crippen molar-refractivity contribution in [3.05, 3.63) is 58.1 Å². The van der Waals surface area contributed by atoms with E-state index >= 15 is 0 Å². The Morgan fingerprint density at radius 3 is 2.62 bits per heavy atom. The number of halogens is 1. The van der Waals surface area contributed by atoms with Crippen molar-refractivity contribution in [3.8, 4) is 28.7 Å². The van der Waals surface area contributed by atoms with Crippen LogP contribution >= 0.6 is 15.9 Å². The molecule has 2 aromatic carbocycles. The van der Waals surface area contributed by atoms with Crippen molar-refractivity contribution in [1.82, 2.24) is 25.1 Å². The van der Waals surface area contributed by atoms with Crippen molar-refractivity contribution >= 4 is 21.7 Å². The number of aromatic nitrogens is 5. The van der Waals surface area contributed by atoms with Gasteiger partial charge < -0.3 is 10.3 Å². The number of nitrogen functional groups attached to an aromatic ring is 1. The molecule has 7 nitrogen and oxygen atoms in total. The molecule has 0 spiro atoms. The first-order chi connectivity index (χ1) is 12.5. The summed E-state index contributed by atoms with van der Waals surface area (Å²) in [6.07, 6.45) is 0. The molecule has 0 unspecified atom stereocenters. The highest BCUT2D eigenvalue weighted by molar-refractivity contribution is 9.10. The molecule has 0 saturated heterocycles. The van der Waals surface area contributed by atoms with Crippen molar-refractivity contribution < 1.29 is 4.52 Å². The molecule has 0 amide bonds. The predicted molar refractivity (Wildman–Crippen MR) is 102 cm³/mol. The van der Waals surface area contributed by atoms with Crippen molar-refractivity contribution in [2.75, 3.05) is 5.73 Å². The van der Waals surface area contributed by atoms with Gasteiger partial charge in [0.1, 0.15) is 0 Å². The van der Waals surface area contributed by atoms with E-state index in [1.165, 1.54) is 0 Å². The minimum absolute atomic E-state index is 0.233. The highest BCUT2D eigenvalue weighted by atomic mass is 79.9. The summed E-state index contributed by atoms with van der Waals surface area (Å²) >= 11 is 3.40. The summed E-state index contributed by atoms with van der Waals surface area (Å²) in [5, 5.41) is 12.3. The second kappa shape index (κ2) is 6.38. The van der Waals surface area contributed by atoms with Crippen molar-refractivity contribution in [1.29, 1.82) is 0 Å². The molecule has 2 heterocycles. The van der Waals surface area contributed by atoms with E-state index in [1.807, 2.05) is 56.3 Å². The van der Waals surface area contributed by atoms with Gasteiger partial charge in [-0.3, -0.25) is 0 Å². The van der Waals surface area contributed by atoms with Gasteiger partial charge in [0, 0.05) is 10.0 Å². The third-order valence-corrected chi connectivity index (χ3v) is 4.56. The zero-order chi connectivity index (χ0) is 18.3. The van der Waals surface area contributed by atoms with Crippen LogP contribution in [0, 0.1) is 13.8 Å². The highest BCUT2D eigenvalue weighted by Gasteiger charge is 2.20. The number of benzene rings is 2. The molecule has 0 fully saturated rings. The third kappa shape index (κ3) is 2.88. The summed E-state index contributed by atoms with van der Waals surface area (Å²) in [5.74, 6) is 1.05. The van der Waals surface area contributed by atoms with Gasteiger partial charge in [-0.25, -0.2) is 0 Å². The molecule has 0 saturated carbocycles. The summed E-state index contributed by atoms with van der Waals surface area (Å²) in [6, 6.07) is 13.7. The topological polar surface area (TPSA) is 95.6 Å². The standard InChI is InChI=1S/C18H15BrN6O/c1-10-3-4-11(2)14(9-10)25-16(20)15(22-24-25)18-21-17(23-26-18)12-5-7-13(19)8-6-12/h3-9H,20H2,1-2H3. The molecule has 0 aliphatic carbocycles. The maximum atomic E-state index is 6.26. The van der Waals surface area contributed by atoms with Crippen LogP contribution in [0.3, 0.4) is 0 Å². The Kier molecular flexibility index (Phi) is 4.04. The van der Waals surface area contributed by atoms with E-state index in [0.717, 1.165) is 26.9 Å². The van der Waals surface area contributed by atoms with Crippen LogP contribution in [0.2, 0.25) is 0 Å². The van der Waals surface area contributed by atoms with Gasteiger partial charge >= 0.3 is 0 Å². The average molecular weight is 411 g/mol. The van der Waals surface area contributed by atoms with Crippen LogP contribution in [-0.4, -0.2) is 25.1 Å². The molecule has 4 aromatic rings. The molecule has 0 radical (unpaired) electrons. The van der Waals surface area contributed by atoms with Crippen LogP contribution in [0.1, 0.15) is 11.1 Å². The molecular formula is C18H15BrN6O. The molecule has 26 heavy (non-hydrogen) atoms. The van der Waals surface area contributed by atoms with E-state index in [0.29, 0.717) is 17.3 Å². The minimum atomic E-state index is 0.233. The van der Waals surface area contributed by atoms with E-state index in [1.54, 1.807) is 4.68 Å². The molecule has 0 bridgehead atoms. The van der Waals surface area contributed by atoms with Gasteiger partial charge in [-0.2, -0.15) is 9.67 Å². The molecule has 0 aliphatic heterocycles. The van der Waals surface area contributed by atoms with Crippen molar-refractivity contribution in [2.45, 2.75) is 13.8 Å². The van der Waals surface area contributed by atoms with Crippen LogP contribution in [0.25, 0.3) is 28.7 Å². The number of hydrogen-bond donors (Lipinski definition) is 1. The van der Waals surface area contributed by atoms with Crippen LogP contribution in [-0.2, 0) is 0 Å². The quantitative estimate of drug-likeness (QED) is 0.549. The Morgan fingerprint density at radius 1 is 1.08 bits per heavy atom. The maximum absolute atomic E-state index is 6.26. The molecule has 2 N–H and O–H groups in total. The zero-order valence-electron chi connectivity index (χ0n) is 14.1. The Hall–Kier alpha value is -3.00. The molecule has 2 aromatic heterocycles. The summed E-state index contributed by atoms with van der Waals surface area (Å²) in [5.41, 5.74) is 10.5. The van der Waals surface area contributed by atoms with Crippen LogP contribution in [0.4, 0.5) is 5.82 Å². The van der Waals surface area contributed by atoms with Gasteiger partial charge in [0.15, 0.2) is 11.5 Å². The minimum Gasteiger partial charge on any atom is -0.382 e. The Balaban J connectivity index is 1.73. The van der Waals surface area contributed by atoms with Crippen molar-refractivity contribution in [3.63, 3.8) is 0 Å². The third-order valence-electron chi connectivity index (χ3n) is 4.03. The number of rotatable bonds is 3. The fourth-order valence-corrected chi connectivity index (χ4v) is 2.87. The fourth-order valence-electron chi connectivity index (χ4n) is 2.60. The first-order valence-electron chi connectivity index (χ1n) is 7.92. The van der Waals surface area contributed by atoms with E-state index in [-0.39, 0.29) is 5.89 Å². The van der Waals surface area contributed by atoms with E-state index in [4.69, 9.17) is 10.3 Å². The zero-order valence-corrected chi connectivity index (χ0v) is 15.7. The number of anilines is 1. The van der Waals surface area contributed by atoms with Gasteiger partial charge in [0.25, 0.3) is 5.89 Å². The lowest BCUT2D eigenvalue weighted by Gasteiger charge is -2.07. The maximum Gasteiger partial charge on any atom is 0.282 e. The van der Waals surface area contributed by atoms with Crippen LogP contribution < -0.4 is 5.73 Å². The lowest BCUT2D eigenvalue weighted by Crippen LogP contribution is -2.04. The number of aryl methyl sites for hydroxylation is 2. The first-order valence-corrected chi connectivity index (χ1v) is 8.71. The second-order valence-electron chi connectivity index (χ2n) is 5.96. The van der Waals surface area contributed by atoms with Gasteiger partial charge in [-0.15, -0.1) is 5.10 Å². The number of nitrogens with zero attached hydrogens (tertiary/aromatic N) is 5. The second-order valence-corrected chi connectivity index (χ2v) is 6.87. The number of nitrogens with two attached hydrogens (primary N) is 1. The highest BCUT2D eigenvalue weighted by Crippen LogP contribution is 2.28. The SMILES string of the molecule is Cc1ccc(C)c(-n2nnc(-c3nc(-c4ccc(Br)cc4)no3)c2N)c1. The summed E-state index contributed by atoms with van der Waals surface area (Å²) in [6.45, 7) is 4.01. The molecule has 130 valence electrons. The largest absolute Gasteiger partial charge is 0.382 e. The molecular weight excluding hydrogens is 396 g/mol. The van der Waals surface area contributed by atoms with E-state index < -0.39 is 0 Å². The Labute approximate surface area is 158 Å². The number of hydrogen-bond acceptors (Lipinski definition) is 6. The molecule has 4 rings (SSSR count). The summed E-state index contributed by atoms with van der Waals surface area (Å²) in [4.78, 5) is 4.40. The molecule has 0 aliphatic rings. The smallest absolute Gasteiger partial charge is 0.282 e.